The summed E-state index contributed by atoms with van der Waals surface area (Å²) in [7, 11) is 0. The van der Waals surface area contributed by atoms with Crippen LogP contribution in [-0.4, -0.2) is 0 Å². The van der Waals surface area contributed by atoms with E-state index in [9.17, 15) is 0 Å². The fraction of sp³-hybridized carbons (Fsp3) is 0.0566. The first-order valence-electron chi connectivity index (χ1n) is 18.7. The summed E-state index contributed by atoms with van der Waals surface area (Å²) < 4.78 is 0. The first kappa shape index (κ1) is 31.3. The van der Waals surface area contributed by atoms with Crippen LogP contribution in [0.3, 0.4) is 0 Å². The van der Waals surface area contributed by atoms with Crippen molar-refractivity contribution in [2.45, 2.75) is 19.8 Å². The number of allylic oxidation sites excluding steroid dienone is 1. The second kappa shape index (κ2) is 12.6. The van der Waals surface area contributed by atoms with Gasteiger partial charge in [-0.3, -0.25) is 0 Å². The lowest BCUT2D eigenvalue weighted by atomic mass is 9.82. The fourth-order valence-electron chi connectivity index (χ4n) is 9.07. The summed E-state index contributed by atoms with van der Waals surface area (Å²) in [6.07, 6.45) is 13.4. The number of benzene rings is 9. The van der Waals surface area contributed by atoms with Crippen LogP contribution < -0.4 is 10.4 Å². The van der Waals surface area contributed by atoms with E-state index in [4.69, 9.17) is 0 Å². The van der Waals surface area contributed by atoms with Gasteiger partial charge in [0, 0.05) is 0 Å². The molecule has 0 aromatic heterocycles. The lowest BCUT2D eigenvalue weighted by Crippen LogP contribution is -2.29. The van der Waals surface area contributed by atoms with Gasteiger partial charge in [-0.1, -0.05) is 164 Å². The van der Waals surface area contributed by atoms with Gasteiger partial charge in [-0.05, 0) is 147 Å². The molecule has 0 spiro atoms. The van der Waals surface area contributed by atoms with Crippen molar-refractivity contribution in [2.75, 3.05) is 0 Å². The second-order valence-corrected chi connectivity index (χ2v) is 14.2. The highest BCUT2D eigenvalue weighted by atomic mass is 14.2. The highest BCUT2D eigenvalue weighted by Gasteiger charge is 2.20. The van der Waals surface area contributed by atoms with Crippen molar-refractivity contribution in [2.24, 2.45) is 0 Å². The SMILES string of the molecule is C=Cc1c(/C=C\C)cc(-c2c3ccccc3c(-c3ccc4cc(-c5cccc6ccccc56)c5c(c4c3)=CCCC=5)c3ccccc23)c2ccccc12. The van der Waals surface area contributed by atoms with Gasteiger partial charge in [-0.15, -0.1) is 0 Å². The Kier molecular flexibility index (Phi) is 7.44. The number of fused-ring (bicyclic) bond motifs is 7. The van der Waals surface area contributed by atoms with Crippen molar-refractivity contribution < 1.29 is 0 Å². The Balaban J connectivity index is 1.27. The van der Waals surface area contributed by atoms with Gasteiger partial charge in [0.2, 0.25) is 0 Å². The predicted molar refractivity (Wildman–Crippen MR) is 232 cm³/mol. The van der Waals surface area contributed by atoms with Crippen LogP contribution in [0.4, 0.5) is 0 Å². The Morgan fingerprint density at radius 3 is 1.75 bits per heavy atom. The van der Waals surface area contributed by atoms with Gasteiger partial charge in [-0.2, -0.15) is 0 Å². The minimum atomic E-state index is 1.06. The Morgan fingerprint density at radius 1 is 0.453 bits per heavy atom. The summed E-state index contributed by atoms with van der Waals surface area (Å²) in [5.41, 5.74) is 10.0. The zero-order chi connectivity index (χ0) is 35.5. The number of hydrogen-bond acceptors (Lipinski definition) is 0. The Bertz CT molecular complexity index is 3070. The Hall–Kier alpha value is -6.50. The molecule has 0 aliphatic heterocycles. The molecule has 250 valence electrons. The monoisotopic (exact) mass is 674 g/mol. The third kappa shape index (κ3) is 4.90. The molecule has 1 aliphatic carbocycles. The van der Waals surface area contributed by atoms with Crippen LogP contribution in [0.1, 0.15) is 30.9 Å². The van der Waals surface area contributed by atoms with E-state index in [1.54, 1.807) is 0 Å². The molecule has 0 radical (unpaired) electrons. The van der Waals surface area contributed by atoms with Crippen molar-refractivity contribution >= 4 is 78.2 Å². The van der Waals surface area contributed by atoms with E-state index < -0.39 is 0 Å². The van der Waals surface area contributed by atoms with E-state index in [2.05, 4.69) is 183 Å². The molecule has 0 unspecified atom stereocenters. The van der Waals surface area contributed by atoms with E-state index >= 15 is 0 Å². The first-order valence-corrected chi connectivity index (χ1v) is 18.7. The Morgan fingerprint density at radius 2 is 1.06 bits per heavy atom. The molecule has 9 aromatic rings. The minimum absolute atomic E-state index is 1.06. The van der Waals surface area contributed by atoms with E-state index in [1.165, 1.54) is 109 Å². The molecule has 0 fully saturated rings. The zero-order valence-electron chi connectivity index (χ0n) is 29.9. The maximum absolute atomic E-state index is 4.21. The molecule has 0 nitrogen and oxygen atoms in total. The van der Waals surface area contributed by atoms with E-state index in [-0.39, 0.29) is 0 Å². The molecule has 0 amide bonds. The quantitative estimate of drug-likeness (QED) is 0.159. The van der Waals surface area contributed by atoms with Gasteiger partial charge in [0.25, 0.3) is 0 Å². The molecule has 0 atom stereocenters. The molecular weight excluding hydrogens is 637 g/mol. The van der Waals surface area contributed by atoms with Gasteiger partial charge in [0.15, 0.2) is 0 Å². The van der Waals surface area contributed by atoms with Crippen molar-refractivity contribution in [3.63, 3.8) is 0 Å². The number of rotatable bonds is 5. The average Bonchev–Trinajstić information content (AvgIpc) is 3.22. The summed E-state index contributed by atoms with van der Waals surface area (Å²) in [4.78, 5) is 0. The highest BCUT2D eigenvalue weighted by molar-refractivity contribution is 6.24. The highest BCUT2D eigenvalue weighted by Crippen LogP contribution is 2.46. The van der Waals surface area contributed by atoms with Gasteiger partial charge >= 0.3 is 0 Å². The topological polar surface area (TPSA) is 0 Å². The van der Waals surface area contributed by atoms with Gasteiger partial charge < -0.3 is 0 Å². The third-order valence-electron chi connectivity index (χ3n) is 11.3. The maximum atomic E-state index is 4.21. The normalized spacial score (nSPS) is 12.8. The van der Waals surface area contributed by atoms with E-state index in [0.29, 0.717) is 0 Å². The largest absolute Gasteiger partial charge is 0.0984 e. The molecule has 10 rings (SSSR count). The minimum Gasteiger partial charge on any atom is -0.0984 e. The van der Waals surface area contributed by atoms with Crippen molar-refractivity contribution in [1.82, 2.24) is 0 Å². The zero-order valence-corrected chi connectivity index (χ0v) is 29.9. The van der Waals surface area contributed by atoms with Crippen LogP contribution in [-0.2, 0) is 0 Å². The van der Waals surface area contributed by atoms with Crippen LogP contribution in [0.25, 0.3) is 112 Å². The summed E-state index contributed by atoms with van der Waals surface area (Å²) in [6.45, 7) is 6.30. The molecule has 0 bridgehead atoms. The first-order chi connectivity index (χ1) is 26.2. The lowest BCUT2D eigenvalue weighted by molar-refractivity contribution is 1.12. The van der Waals surface area contributed by atoms with Crippen LogP contribution in [0.5, 0.6) is 0 Å². The van der Waals surface area contributed by atoms with Crippen LogP contribution in [0.2, 0.25) is 0 Å². The molecular formula is C53H38. The van der Waals surface area contributed by atoms with E-state index in [0.717, 1.165) is 12.8 Å². The summed E-state index contributed by atoms with van der Waals surface area (Å²) >= 11 is 0. The lowest BCUT2D eigenvalue weighted by Gasteiger charge is -2.20. The molecule has 0 saturated heterocycles. The van der Waals surface area contributed by atoms with Crippen LogP contribution >= 0.6 is 0 Å². The third-order valence-corrected chi connectivity index (χ3v) is 11.3. The average molecular weight is 675 g/mol. The predicted octanol–water partition coefficient (Wildman–Crippen LogP) is 13.5. The second-order valence-electron chi connectivity index (χ2n) is 14.2. The van der Waals surface area contributed by atoms with Crippen molar-refractivity contribution in [1.29, 1.82) is 0 Å². The smallest absolute Gasteiger partial charge is 0.00199 e. The van der Waals surface area contributed by atoms with Gasteiger partial charge in [0.05, 0.1) is 0 Å². The van der Waals surface area contributed by atoms with Gasteiger partial charge in [-0.25, -0.2) is 0 Å². The summed E-state index contributed by atoms with van der Waals surface area (Å²) in [6, 6.07) is 54.2. The maximum Gasteiger partial charge on any atom is -0.00199 e. The fourth-order valence-corrected chi connectivity index (χ4v) is 9.07. The molecule has 0 heteroatoms. The van der Waals surface area contributed by atoms with Crippen molar-refractivity contribution in [3.05, 3.63) is 180 Å². The number of hydrogen-bond donors (Lipinski definition) is 0. The Labute approximate surface area is 310 Å². The molecule has 0 heterocycles. The standard InChI is InChI=1S/C53H38/c1-3-16-35-32-51(44-23-10-7-20-40(44)38(35)4-2)53-47-26-13-11-24-45(47)52(46-25-12-14-27-48(46)53)37-30-29-36-31-50(43-22-9-8-21-42(43)49(36)33-37)41-28-15-18-34-17-5-6-19-39(34)41/h3-7,10-33H,2,8-9H2,1H3/b16-3-. The molecule has 0 saturated carbocycles. The molecule has 1 aliphatic rings. The van der Waals surface area contributed by atoms with Gasteiger partial charge in [0.1, 0.15) is 0 Å². The molecule has 9 aromatic carbocycles. The van der Waals surface area contributed by atoms with Crippen molar-refractivity contribution in [3.8, 4) is 33.4 Å². The van der Waals surface area contributed by atoms with E-state index in [1.807, 2.05) is 6.08 Å². The van der Waals surface area contributed by atoms with Crippen LogP contribution in [0, 0.1) is 0 Å². The molecule has 53 heavy (non-hydrogen) atoms. The molecule has 0 N–H and O–H groups in total. The van der Waals surface area contributed by atoms with Crippen LogP contribution in [0.15, 0.2) is 158 Å². The summed E-state index contributed by atoms with van der Waals surface area (Å²) in [5, 5.41) is 15.4. The summed E-state index contributed by atoms with van der Waals surface area (Å²) in [5.74, 6) is 0.